The van der Waals surface area contributed by atoms with Crippen molar-refractivity contribution in [2.24, 2.45) is 11.5 Å². The van der Waals surface area contributed by atoms with E-state index in [0.29, 0.717) is 0 Å². The highest BCUT2D eigenvalue weighted by Crippen LogP contribution is 2.06. The first kappa shape index (κ1) is 14.6. The van der Waals surface area contributed by atoms with Crippen LogP contribution < -0.4 is 16.8 Å². The molecule has 1 atom stereocenters. The third-order valence-corrected chi connectivity index (χ3v) is 2.31. The normalized spacial score (nSPS) is 11.6. The molecule has 0 aliphatic carbocycles. The van der Waals surface area contributed by atoms with Crippen molar-refractivity contribution in [1.82, 2.24) is 4.98 Å². The van der Waals surface area contributed by atoms with E-state index in [9.17, 15) is 14.4 Å². The molecule has 1 unspecified atom stereocenters. The van der Waals surface area contributed by atoms with Gasteiger partial charge in [0.15, 0.2) is 0 Å². The van der Waals surface area contributed by atoms with Crippen molar-refractivity contribution in [2.75, 3.05) is 5.32 Å². The highest BCUT2D eigenvalue weighted by atomic mass is 16.4. The summed E-state index contributed by atoms with van der Waals surface area (Å²) in [5.74, 6) is -1.97. The molecule has 0 saturated carbocycles. The Kier molecular flexibility index (Phi) is 4.95. The highest BCUT2D eigenvalue weighted by Gasteiger charge is 2.15. The molecule has 0 aliphatic rings. The fourth-order valence-corrected chi connectivity index (χ4v) is 1.24. The van der Waals surface area contributed by atoms with E-state index in [1.54, 1.807) is 0 Å². The van der Waals surface area contributed by atoms with Gasteiger partial charge in [0.2, 0.25) is 11.8 Å². The van der Waals surface area contributed by atoms with Crippen LogP contribution in [-0.2, 0) is 9.59 Å². The second-order valence-corrected chi connectivity index (χ2v) is 3.82. The molecule has 1 heterocycles. The van der Waals surface area contributed by atoms with E-state index < -0.39 is 23.8 Å². The van der Waals surface area contributed by atoms with Crippen LogP contribution in [0.2, 0.25) is 0 Å². The first-order valence-corrected chi connectivity index (χ1v) is 5.44. The van der Waals surface area contributed by atoms with Crippen molar-refractivity contribution in [2.45, 2.75) is 18.9 Å². The minimum atomic E-state index is -1.02. The summed E-state index contributed by atoms with van der Waals surface area (Å²) in [7, 11) is 0. The molecule has 0 bridgehead atoms. The molecular weight excluding hydrogens is 252 g/mol. The number of carbonyl (C=O) groups is 3. The maximum absolute atomic E-state index is 11.6. The van der Waals surface area contributed by atoms with Gasteiger partial charge in [-0.1, -0.05) is 0 Å². The van der Waals surface area contributed by atoms with Crippen LogP contribution in [0.25, 0.3) is 0 Å². The number of anilines is 1. The van der Waals surface area contributed by atoms with Gasteiger partial charge in [-0.25, -0.2) is 4.98 Å². The summed E-state index contributed by atoms with van der Waals surface area (Å²) in [5, 5.41) is 10.9. The van der Waals surface area contributed by atoms with Crippen molar-refractivity contribution in [3.8, 4) is 0 Å². The molecule has 2 amide bonds. The number of carboxylic acid groups (broad SMARTS) is 1. The van der Waals surface area contributed by atoms with Crippen molar-refractivity contribution < 1.29 is 19.5 Å². The Morgan fingerprint density at radius 1 is 1.37 bits per heavy atom. The number of primary amides is 1. The van der Waals surface area contributed by atoms with Gasteiger partial charge in [-0.15, -0.1) is 0 Å². The molecule has 19 heavy (non-hydrogen) atoms. The summed E-state index contributed by atoms with van der Waals surface area (Å²) in [6.45, 7) is 0. The number of nitrogens with two attached hydrogens (primary N) is 2. The number of nitrogens with zero attached hydrogens (tertiary/aromatic N) is 1. The zero-order valence-corrected chi connectivity index (χ0v) is 10.00. The zero-order chi connectivity index (χ0) is 14.4. The minimum absolute atomic E-state index is 0.0283. The summed E-state index contributed by atoms with van der Waals surface area (Å²) >= 11 is 0. The van der Waals surface area contributed by atoms with Crippen LogP contribution in [0.4, 0.5) is 5.82 Å². The number of amides is 2. The fourth-order valence-electron chi connectivity index (χ4n) is 1.24. The van der Waals surface area contributed by atoms with Crippen LogP contribution in [0, 0.1) is 0 Å². The Morgan fingerprint density at radius 2 is 2.05 bits per heavy atom. The van der Waals surface area contributed by atoms with Crippen molar-refractivity contribution in [3.63, 3.8) is 0 Å². The number of carboxylic acids is 1. The molecule has 1 aromatic heterocycles. The second kappa shape index (κ2) is 6.45. The van der Waals surface area contributed by atoms with E-state index in [0.717, 1.165) is 0 Å². The van der Waals surface area contributed by atoms with Gasteiger partial charge in [0.25, 0.3) is 0 Å². The second-order valence-electron chi connectivity index (χ2n) is 3.82. The molecule has 0 aliphatic heterocycles. The van der Waals surface area contributed by atoms with Gasteiger partial charge in [0.05, 0.1) is 11.6 Å². The summed E-state index contributed by atoms with van der Waals surface area (Å²) in [6.07, 6.45) is 1.06. The van der Waals surface area contributed by atoms with Gasteiger partial charge in [-0.2, -0.15) is 0 Å². The maximum Gasteiger partial charge on any atom is 0.303 e. The number of hydrogen-bond acceptors (Lipinski definition) is 5. The first-order valence-electron chi connectivity index (χ1n) is 5.44. The number of nitrogens with one attached hydrogen (secondary N) is 1. The van der Waals surface area contributed by atoms with Gasteiger partial charge >= 0.3 is 5.97 Å². The van der Waals surface area contributed by atoms with Gasteiger partial charge < -0.3 is 21.9 Å². The molecule has 8 heteroatoms. The van der Waals surface area contributed by atoms with Crippen LogP contribution in [0.1, 0.15) is 23.2 Å². The molecule has 102 valence electrons. The van der Waals surface area contributed by atoms with Crippen LogP contribution in [-0.4, -0.2) is 33.9 Å². The smallest absolute Gasteiger partial charge is 0.303 e. The van der Waals surface area contributed by atoms with E-state index in [4.69, 9.17) is 16.6 Å². The lowest BCUT2D eigenvalue weighted by molar-refractivity contribution is -0.137. The lowest BCUT2D eigenvalue weighted by Gasteiger charge is -2.10. The van der Waals surface area contributed by atoms with E-state index >= 15 is 0 Å². The molecular formula is C11H14N4O4. The lowest BCUT2D eigenvalue weighted by atomic mass is 10.1. The first-order chi connectivity index (χ1) is 8.90. The van der Waals surface area contributed by atoms with E-state index in [1.165, 1.54) is 18.3 Å². The number of aliphatic carboxylic acids is 1. The topological polar surface area (TPSA) is 148 Å². The summed E-state index contributed by atoms with van der Waals surface area (Å²) < 4.78 is 0. The van der Waals surface area contributed by atoms with Crippen LogP contribution in [0.5, 0.6) is 0 Å². The van der Waals surface area contributed by atoms with Crippen molar-refractivity contribution in [3.05, 3.63) is 23.9 Å². The number of carbonyl (C=O) groups excluding carboxylic acids is 2. The average molecular weight is 266 g/mol. The Morgan fingerprint density at radius 3 is 2.53 bits per heavy atom. The summed E-state index contributed by atoms with van der Waals surface area (Å²) in [4.78, 5) is 36.5. The molecule has 0 saturated heterocycles. The van der Waals surface area contributed by atoms with Gasteiger partial charge in [-0.3, -0.25) is 14.4 Å². The van der Waals surface area contributed by atoms with Crippen LogP contribution in [0.3, 0.4) is 0 Å². The third kappa shape index (κ3) is 4.72. The fraction of sp³-hybridized carbons (Fsp3) is 0.273. The van der Waals surface area contributed by atoms with Crippen LogP contribution >= 0.6 is 0 Å². The van der Waals surface area contributed by atoms with Crippen molar-refractivity contribution >= 4 is 23.6 Å². The summed E-state index contributed by atoms with van der Waals surface area (Å²) in [5.41, 5.74) is 10.8. The highest BCUT2D eigenvalue weighted by molar-refractivity contribution is 5.95. The molecule has 8 nitrogen and oxygen atoms in total. The number of aromatic nitrogens is 1. The molecule has 1 rings (SSSR count). The molecule has 0 aromatic carbocycles. The monoisotopic (exact) mass is 266 g/mol. The SMILES string of the molecule is NC(=O)c1ccc(NC(=O)C(N)CCC(=O)O)nc1. The van der Waals surface area contributed by atoms with Gasteiger partial charge in [0.1, 0.15) is 5.82 Å². The van der Waals surface area contributed by atoms with E-state index in [-0.39, 0.29) is 24.2 Å². The Balaban J connectivity index is 2.56. The Hall–Kier alpha value is -2.48. The van der Waals surface area contributed by atoms with Gasteiger partial charge in [0, 0.05) is 12.6 Å². The van der Waals surface area contributed by atoms with Gasteiger partial charge in [-0.05, 0) is 18.6 Å². The quantitative estimate of drug-likeness (QED) is 0.535. The molecule has 0 spiro atoms. The number of hydrogen-bond donors (Lipinski definition) is 4. The third-order valence-electron chi connectivity index (χ3n) is 2.31. The number of pyridine rings is 1. The average Bonchev–Trinajstić information content (AvgIpc) is 2.36. The molecule has 0 radical (unpaired) electrons. The lowest BCUT2D eigenvalue weighted by Crippen LogP contribution is -2.36. The molecule has 6 N–H and O–H groups in total. The maximum atomic E-state index is 11.6. The van der Waals surface area contributed by atoms with E-state index in [2.05, 4.69) is 10.3 Å². The van der Waals surface area contributed by atoms with E-state index in [1.807, 2.05) is 0 Å². The predicted octanol–water partition coefficient (Wildman–Crippen LogP) is -0.689. The van der Waals surface area contributed by atoms with Crippen LogP contribution in [0.15, 0.2) is 18.3 Å². The zero-order valence-electron chi connectivity index (χ0n) is 10.00. The Bertz CT molecular complexity index is 486. The summed E-state index contributed by atoms with van der Waals surface area (Å²) in [6, 6.07) is 1.88. The number of rotatable bonds is 6. The standard InChI is InChI=1S/C11H14N4O4/c12-7(2-4-9(16)17)11(19)15-8-3-1-6(5-14-8)10(13)18/h1,3,5,7H,2,4,12H2,(H2,13,18)(H,16,17)(H,14,15,19). The minimum Gasteiger partial charge on any atom is -0.481 e. The predicted molar refractivity (Wildman–Crippen MR) is 66.2 cm³/mol. The Labute approximate surface area is 108 Å². The largest absolute Gasteiger partial charge is 0.481 e. The molecule has 1 aromatic rings. The molecule has 0 fully saturated rings. The van der Waals surface area contributed by atoms with Crippen molar-refractivity contribution in [1.29, 1.82) is 0 Å².